The van der Waals surface area contributed by atoms with Gasteiger partial charge in [-0.05, 0) is 38.6 Å². The second kappa shape index (κ2) is 5.66. The molecule has 3 aliphatic rings. The van der Waals surface area contributed by atoms with Crippen molar-refractivity contribution in [1.29, 1.82) is 0 Å². The quantitative estimate of drug-likeness (QED) is 0.849. The first-order valence-electron chi connectivity index (χ1n) is 8.86. The van der Waals surface area contributed by atoms with Crippen molar-refractivity contribution in [2.75, 3.05) is 25.5 Å². The highest BCUT2D eigenvalue weighted by Gasteiger charge is 2.73. The summed E-state index contributed by atoms with van der Waals surface area (Å²) in [7, 11) is 2.04. The number of anilines is 1. The number of likely N-dealkylation sites (N-methyl/N-ethyl adjacent to an activating group) is 1. The smallest absolute Gasteiger partial charge is 0.229 e. The largest absolute Gasteiger partial charge is 0.352 e. The van der Waals surface area contributed by atoms with E-state index in [1.807, 2.05) is 7.05 Å². The van der Waals surface area contributed by atoms with Gasteiger partial charge < -0.3 is 15.5 Å². The number of likely N-dealkylation sites (tertiary alicyclic amines) is 1. The van der Waals surface area contributed by atoms with E-state index in [1.54, 1.807) is 31.2 Å². The third-order valence-electron chi connectivity index (χ3n) is 5.97. The molecule has 0 aromatic heterocycles. The van der Waals surface area contributed by atoms with Crippen molar-refractivity contribution in [3.8, 4) is 0 Å². The van der Waals surface area contributed by atoms with E-state index in [1.165, 1.54) is 0 Å². The fourth-order valence-electron chi connectivity index (χ4n) is 4.51. The Bertz CT molecular complexity index is 762. The molecule has 6 nitrogen and oxygen atoms in total. The van der Waals surface area contributed by atoms with Crippen molar-refractivity contribution in [2.24, 2.45) is 17.3 Å². The van der Waals surface area contributed by atoms with Crippen LogP contribution >= 0.6 is 0 Å². The molecule has 0 bridgehead atoms. The van der Waals surface area contributed by atoms with Gasteiger partial charge in [-0.25, -0.2) is 0 Å². The Morgan fingerprint density at radius 2 is 2.08 bits per heavy atom. The van der Waals surface area contributed by atoms with E-state index < -0.39 is 17.3 Å². The number of nitrogens with one attached hydrogen (secondary N) is 2. The Balaban J connectivity index is 1.56. The van der Waals surface area contributed by atoms with Gasteiger partial charge in [0.1, 0.15) is 0 Å². The Morgan fingerprint density at radius 1 is 1.32 bits per heavy atom. The fourth-order valence-corrected chi connectivity index (χ4v) is 4.51. The van der Waals surface area contributed by atoms with Crippen molar-refractivity contribution in [3.63, 3.8) is 0 Å². The highest BCUT2D eigenvalue weighted by atomic mass is 16.2. The van der Waals surface area contributed by atoms with Gasteiger partial charge in [-0.15, -0.1) is 0 Å². The number of hydrogen-bond acceptors (Lipinski definition) is 4. The summed E-state index contributed by atoms with van der Waals surface area (Å²) in [5.41, 5.74) is 0.0916. The number of fused-ring (bicyclic) bond motifs is 2. The van der Waals surface area contributed by atoms with Gasteiger partial charge in [-0.3, -0.25) is 14.4 Å². The number of para-hydroxylation sites is 1. The standard InChI is InChI=1S/C19H23N3O3/c1-19-14(17(24)20-11-6-5-9-22(2)10-11)15(19)18(25)21-13-8-4-3-7-12(13)16(19)23/h3-4,7-8,11,14-15H,5-6,9-10H2,1-2H3,(H,20,24)(H,21,25)/t11-,14+,15+,19-/m1/s1. The molecule has 6 heteroatoms. The van der Waals surface area contributed by atoms with Gasteiger partial charge >= 0.3 is 0 Å². The van der Waals surface area contributed by atoms with Gasteiger partial charge in [0.15, 0.2) is 5.78 Å². The van der Waals surface area contributed by atoms with Gasteiger partial charge in [0, 0.05) is 18.2 Å². The number of ketones is 1. The summed E-state index contributed by atoms with van der Waals surface area (Å²) in [6.45, 7) is 3.59. The predicted octanol–water partition coefficient (Wildman–Crippen LogP) is 1.28. The molecule has 2 N–H and O–H groups in total. The first-order valence-corrected chi connectivity index (χ1v) is 8.86. The molecule has 2 fully saturated rings. The number of Topliss-reactive ketones (excluding diaryl/α,β-unsaturated/α-hetero) is 1. The zero-order chi connectivity index (χ0) is 17.8. The van der Waals surface area contributed by atoms with Crippen molar-refractivity contribution in [1.82, 2.24) is 10.2 Å². The molecule has 1 saturated heterocycles. The lowest BCUT2D eigenvalue weighted by Gasteiger charge is -2.30. The minimum atomic E-state index is -0.943. The van der Waals surface area contributed by atoms with Gasteiger partial charge in [0.25, 0.3) is 0 Å². The summed E-state index contributed by atoms with van der Waals surface area (Å²) in [5.74, 6) is -1.70. The van der Waals surface area contributed by atoms with Gasteiger partial charge in [0.2, 0.25) is 11.8 Å². The molecule has 25 heavy (non-hydrogen) atoms. The van der Waals surface area contributed by atoms with Gasteiger partial charge in [-0.2, -0.15) is 0 Å². The first kappa shape index (κ1) is 16.3. The lowest BCUT2D eigenvalue weighted by molar-refractivity contribution is -0.126. The van der Waals surface area contributed by atoms with E-state index in [-0.39, 0.29) is 23.6 Å². The van der Waals surface area contributed by atoms with Crippen LogP contribution in [0.3, 0.4) is 0 Å². The van der Waals surface area contributed by atoms with Crippen molar-refractivity contribution in [2.45, 2.75) is 25.8 Å². The average molecular weight is 341 g/mol. The van der Waals surface area contributed by atoms with E-state index in [4.69, 9.17) is 0 Å². The highest BCUT2D eigenvalue weighted by Crippen LogP contribution is 2.62. The minimum absolute atomic E-state index is 0.0881. The Labute approximate surface area is 147 Å². The number of carbonyl (C=O) groups excluding carboxylic acids is 3. The molecular formula is C19H23N3O3. The highest BCUT2D eigenvalue weighted by molar-refractivity contribution is 6.19. The Hall–Kier alpha value is -2.21. The van der Waals surface area contributed by atoms with Crippen LogP contribution in [0.15, 0.2) is 24.3 Å². The van der Waals surface area contributed by atoms with Gasteiger partial charge in [-0.1, -0.05) is 19.1 Å². The van der Waals surface area contributed by atoms with Crippen LogP contribution in [0.5, 0.6) is 0 Å². The van der Waals surface area contributed by atoms with E-state index in [0.29, 0.717) is 11.3 Å². The monoisotopic (exact) mass is 341 g/mol. The summed E-state index contributed by atoms with van der Waals surface area (Å²) in [6, 6.07) is 7.10. The maximum Gasteiger partial charge on any atom is 0.229 e. The molecule has 2 amide bonds. The molecule has 1 aromatic carbocycles. The number of hydrogen-bond donors (Lipinski definition) is 2. The van der Waals surface area contributed by atoms with Crippen LogP contribution in [0.1, 0.15) is 30.1 Å². The lowest BCUT2D eigenvalue weighted by atomic mass is 9.92. The topological polar surface area (TPSA) is 78.5 Å². The summed E-state index contributed by atoms with van der Waals surface area (Å²) >= 11 is 0. The van der Waals surface area contributed by atoms with Crippen LogP contribution in [0.25, 0.3) is 0 Å². The number of amides is 2. The maximum absolute atomic E-state index is 13.0. The molecule has 4 atom stereocenters. The lowest BCUT2D eigenvalue weighted by Crippen LogP contribution is -2.47. The van der Waals surface area contributed by atoms with Crippen LogP contribution in [-0.2, 0) is 9.59 Å². The van der Waals surface area contributed by atoms with Crippen molar-refractivity contribution < 1.29 is 14.4 Å². The molecule has 4 rings (SSSR count). The Kier molecular flexibility index (Phi) is 3.68. The molecule has 2 heterocycles. The van der Waals surface area contributed by atoms with Crippen molar-refractivity contribution in [3.05, 3.63) is 29.8 Å². The van der Waals surface area contributed by atoms with Crippen molar-refractivity contribution >= 4 is 23.3 Å². The molecule has 132 valence electrons. The number of benzene rings is 1. The number of rotatable bonds is 2. The van der Waals surface area contributed by atoms with E-state index in [0.717, 1.165) is 25.9 Å². The minimum Gasteiger partial charge on any atom is -0.352 e. The number of nitrogens with zero attached hydrogens (tertiary/aromatic N) is 1. The summed E-state index contributed by atoms with van der Waals surface area (Å²) in [6.07, 6.45) is 1.98. The first-order chi connectivity index (χ1) is 11.9. The molecule has 1 aromatic rings. The third-order valence-corrected chi connectivity index (χ3v) is 5.97. The summed E-state index contributed by atoms with van der Waals surface area (Å²) < 4.78 is 0. The molecule has 2 aliphatic heterocycles. The zero-order valence-electron chi connectivity index (χ0n) is 14.5. The zero-order valence-corrected chi connectivity index (χ0v) is 14.5. The Morgan fingerprint density at radius 3 is 2.84 bits per heavy atom. The average Bonchev–Trinajstić information content (AvgIpc) is 3.23. The molecule has 0 spiro atoms. The SMILES string of the molecule is CN1CCC[C@@H](NC(=O)[C@@H]2[C@H]3C(=O)Nc4ccccc4C(=O)[C@@]32C)C1. The van der Waals surface area contributed by atoms with E-state index in [2.05, 4.69) is 15.5 Å². The van der Waals surface area contributed by atoms with Crippen LogP contribution in [0.2, 0.25) is 0 Å². The number of carbonyl (C=O) groups is 3. The normalized spacial score (nSPS) is 34.4. The second-order valence-electron chi connectivity index (χ2n) is 7.71. The second-order valence-corrected chi connectivity index (χ2v) is 7.71. The number of piperidine rings is 1. The molecule has 1 saturated carbocycles. The predicted molar refractivity (Wildman–Crippen MR) is 93.2 cm³/mol. The van der Waals surface area contributed by atoms with E-state index in [9.17, 15) is 14.4 Å². The third kappa shape index (κ3) is 2.47. The van der Waals surface area contributed by atoms with Crippen LogP contribution in [0.4, 0.5) is 5.69 Å². The fraction of sp³-hybridized carbons (Fsp3) is 0.526. The molecular weight excluding hydrogens is 318 g/mol. The van der Waals surface area contributed by atoms with Crippen LogP contribution < -0.4 is 10.6 Å². The molecule has 0 unspecified atom stereocenters. The summed E-state index contributed by atoms with van der Waals surface area (Å²) in [4.78, 5) is 40.6. The van der Waals surface area contributed by atoms with E-state index >= 15 is 0 Å². The van der Waals surface area contributed by atoms with Crippen LogP contribution in [-0.4, -0.2) is 48.7 Å². The van der Waals surface area contributed by atoms with Gasteiger partial charge in [0.05, 0.1) is 22.9 Å². The molecule has 0 radical (unpaired) electrons. The molecule has 1 aliphatic carbocycles. The maximum atomic E-state index is 13.0. The van der Waals surface area contributed by atoms with Crippen LogP contribution in [0, 0.1) is 17.3 Å². The summed E-state index contributed by atoms with van der Waals surface area (Å²) in [5, 5.41) is 5.88.